The predicted octanol–water partition coefficient (Wildman–Crippen LogP) is 2.15. The second-order valence-electron chi connectivity index (χ2n) is 4.56. The summed E-state index contributed by atoms with van der Waals surface area (Å²) in [6.45, 7) is 6.22. The fraction of sp³-hybridized carbons (Fsp3) is 0.600. The zero-order chi connectivity index (χ0) is 13.9. The minimum Gasteiger partial charge on any atom is -0.493 e. The van der Waals surface area contributed by atoms with Gasteiger partial charge < -0.3 is 19.7 Å². The number of likely N-dealkylation sites (N-methyl/N-ethyl adjacent to an activating group) is 1. The Bertz CT molecular complexity index is 343. The zero-order valence-electron chi connectivity index (χ0n) is 12.3. The van der Waals surface area contributed by atoms with Crippen LogP contribution in [0.5, 0.6) is 5.75 Å². The molecule has 1 aromatic carbocycles. The lowest BCUT2D eigenvalue weighted by Gasteiger charge is -2.14. The van der Waals surface area contributed by atoms with Crippen LogP contribution < -0.4 is 15.0 Å². The largest absolute Gasteiger partial charge is 0.493 e. The molecule has 0 spiro atoms. The highest BCUT2D eigenvalue weighted by Gasteiger charge is 1.98. The first-order valence-electron chi connectivity index (χ1n) is 6.92. The van der Waals surface area contributed by atoms with Crippen LogP contribution in [-0.4, -0.2) is 47.0 Å². The van der Waals surface area contributed by atoms with E-state index in [-0.39, 0.29) is 0 Å². The van der Waals surface area contributed by atoms with Crippen LogP contribution in [0.2, 0.25) is 0 Å². The molecule has 0 atom stereocenters. The van der Waals surface area contributed by atoms with Crippen LogP contribution >= 0.6 is 0 Å². The number of rotatable bonds is 10. The number of anilines is 1. The summed E-state index contributed by atoms with van der Waals surface area (Å²) in [6.07, 6.45) is 0.915. The Kier molecular flexibility index (Phi) is 8.02. The van der Waals surface area contributed by atoms with Gasteiger partial charge in [-0.3, -0.25) is 0 Å². The van der Waals surface area contributed by atoms with Gasteiger partial charge in [0.15, 0.2) is 0 Å². The molecule has 1 aromatic rings. The summed E-state index contributed by atoms with van der Waals surface area (Å²) in [5, 5.41) is 3.22. The van der Waals surface area contributed by atoms with E-state index in [4.69, 9.17) is 9.47 Å². The number of benzene rings is 1. The van der Waals surface area contributed by atoms with E-state index in [0.29, 0.717) is 6.61 Å². The lowest BCUT2D eigenvalue weighted by molar-refractivity contribution is 0.121. The molecule has 0 unspecified atom stereocenters. The number of hydrogen-bond donors (Lipinski definition) is 1. The van der Waals surface area contributed by atoms with E-state index in [1.807, 2.05) is 32.3 Å². The fourth-order valence-corrected chi connectivity index (χ4v) is 1.63. The lowest BCUT2D eigenvalue weighted by atomic mass is 10.3. The highest BCUT2D eigenvalue weighted by molar-refractivity contribution is 5.49. The van der Waals surface area contributed by atoms with E-state index in [1.165, 1.54) is 0 Å². The average molecular weight is 266 g/mol. The third-order valence-corrected chi connectivity index (χ3v) is 2.71. The van der Waals surface area contributed by atoms with E-state index in [0.717, 1.165) is 44.2 Å². The topological polar surface area (TPSA) is 33.7 Å². The molecule has 1 N–H and O–H groups in total. The van der Waals surface area contributed by atoms with Crippen LogP contribution in [0.15, 0.2) is 24.3 Å². The standard InChI is InChI=1S/C15H26N2O2/c1-4-16-9-12-18-10-6-11-19-15-8-5-7-14(13-15)17(2)3/h5,7-8,13,16H,4,6,9-12H2,1-3H3. The molecule has 0 aliphatic carbocycles. The monoisotopic (exact) mass is 266 g/mol. The zero-order valence-corrected chi connectivity index (χ0v) is 12.3. The molecule has 4 nitrogen and oxygen atoms in total. The van der Waals surface area contributed by atoms with Gasteiger partial charge in [-0.15, -0.1) is 0 Å². The molecule has 0 fully saturated rings. The summed E-state index contributed by atoms with van der Waals surface area (Å²) in [7, 11) is 4.05. The first-order valence-corrected chi connectivity index (χ1v) is 6.92. The van der Waals surface area contributed by atoms with Crippen LogP contribution in [0, 0.1) is 0 Å². The Morgan fingerprint density at radius 1 is 1.16 bits per heavy atom. The van der Waals surface area contributed by atoms with E-state index in [1.54, 1.807) is 0 Å². The molecule has 0 saturated heterocycles. The van der Waals surface area contributed by atoms with Crippen molar-refractivity contribution < 1.29 is 9.47 Å². The molecular weight excluding hydrogens is 240 g/mol. The normalized spacial score (nSPS) is 10.5. The maximum absolute atomic E-state index is 5.70. The third kappa shape index (κ3) is 7.03. The smallest absolute Gasteiger partial charge is 0.121 e. The van der Waals surface area contributed by atoms with Crippen molar-refractivity contribution in [2.75, 3.05) is 51.9 Å². The highest BCUT2D eigenvalue weighted by atomic mass is 16.5. The second kappa shape index (κ2) is 9.64. The van der Waals surface area contributed by atoms with Gasteiger partial charge in [0, 0.05) is 45.4 Å². The fourth-order valence-electron chi connectivity index (χ4n) is 1.63. The molecule has 0 radical (unpaired) electrons. The first-order chi connectivity index (χ1) is 9.24. The van der Waals surface area contributed by atoms with Crippen LogP contribution in [0.25, 0.3) is 0 Å². The van der Waals surface area contributed by atoms with Gasteiger partial charge in [-0.05, 0) is 18.7 Å². The minimum atomic E-state index is 0.693. The molecule has 0 aromatic heterocycles. The molecule has 0 aliphatic heterocycles. The van der Waals surface area contributed by atoms with Gasteiger partial charge >= 0.3 is 0 Å². The van der Waals surface area contributed by atoms with E-state index >= 15 is 0 Å². The van der Waals surface area contributed by atoms with Crippen molar-refractivity contribution in [2.45, 2.75) is 13.3 Å². The molecule has 19 heavy (non-hydrogen) atoms. The average Bonchev–Trinajstić information content (AvgIpc) is 2.42. The molecule has 0 amide bonds. The van der Waals surface area contributed by atoms with Crippen LogP contribution in [0.1, 0.15) is 13.3 Å². The first kappa shape index (κ1) is 15.8. The van der Waals surface area contributed by atoms with Gasteiger partial charge in [0.1, 0.15) is 5.75 Å². The molecule has 4 heteroatoms. The maximum Gasteiger partial charge on any atom is 0.121 e. The summed E-state index contributed by atoms with van der Waals surface area (Å²) in [5.74, 6) is 0.916. The van der Waals surface area contributed by atoms with Crippen molar-refractivity contribution in [1.82, 2.24) is 5.32 Å². The summed E-state index contributed by atoms with van der Waals surface area (Å²) in [4.78, 5) is 2.07. The predicted molar refractivity (Wildman–Crippen MR) is 80.2 cm³/mol. The summed E-state index contributed by atoms with van der Waals surface area (Å²) in [6, 6.07) is 8.11. The number of nitrogens with zero attached hydrogens (tertiary/aromatic N) is 1. The van der Waals surface area contributed by atoms with E-state index in [9.17, 15) is 0 Å². The second-order valence-corrected chi connectivity index (χ2v) is 4.56. The molecule has 0 saturated carbocycles. The summed E-state index contributed by atoms with van der Waals surface area (Å²) in [5.41, 5.74) is 1.15. The van der Waals surface area contributed by atoms with Crippen molar-refractivity contribution in [3.8, 4) is 5.75 Å². The molecule has 108 valence electrons. The van der Waals surface area contributed by atoms with Crippen LogP contribution in [-0.2, 0) is 4.74 Å². The molecular formula is C15H26N2O2. The number of hydrogen-bond acceptors (Lipinski definition) is 4. The van der Waals surface area contributed by atoms with Crippen LogP contribution in [0.4, 0.5) is 5.69 Å². The van der Waals surface area contributed by atoms with E-state index in [2.05, 4.69) is 23.2 Å². The Morgan fingerprint density at radius 3 is 2.74 bits per heavy atom. The van der Waals surface area contributed by atoms with Gasteiger partial charge in [-0.2, -0.15) is 0 Å². The summed E-state index contributed by atoms with van der Waals surface area (Å²) < 4.78 is 11.2. The highest BCUT2D eigenvalue weighted by Crippen LogP contribution is 2.19. The number of nitrogens with one attached hydrogen (secondary N) is 1. The summed E-state index contributed by atoms with van der Waals surface area (Å²) >= 11 is 0. The lowest BCUT2D eigenvalue weighted by Crippen LogP contribution is -2.19. The molecule has 1 rings (SSSR count). The van der Waals surface area contributed by atoms with Gasteiger partial charge in [-0.1, -0.05) is 13.0 Å². The third-order valence-electron chi connectivity index (χ3n) is 2.71. The molecule has 0 bridgehead atoms. The molecule has 0 heterocycles. The van der Waals surface area contributed by atoms with Crippen molar-refractivity contribution in [3.63, 3.8) is 0 Å². The van der Waals surface area contributed by atoms with Crippen molar-refractivity contribution in [2.24, 2.45) is 0 Å². The van der Waals surface area contributed by atoms with Crippen molar-refractivity contribution in [3.05, 3.63) is 24.3 Å². The van der Waals surface area contributed by atoms with Gasteiger partial charge in [0.25, 0.3) is 0 Å². The Hall–Kier alpha value is -1.26. The Labute approximate surface area is 116 Å². The Morgan fingerprint density at radius 2 is 2.00 bits per heavy atom. The van der Waals surface area contributed by atoms with Crippen LogP contribution in [0.3, 0.4) is 0 Å². The van der Waals surface area contributed by atoms with Gasteiger partial charge in [-0.25, -0.2) is 0 Å². The molecule has 0 aliphatic rings. The Balaban J connectivity index is 2.10. The van der Waals surface area contributed by atoms with Crippen molar-refractivity contribution in [1.29, 1.82) is 0 Å². The SMILES string of the molecule is CCNCCOCCCOc1cccc(N(C)C)c1. The van der Waals surface area contributed by atoms with Crippen molar-refractivity contribution >= 4 is 5.69 Å². The quantitative estimate of drug-likeness (QED) is 0.658. The maximum atomic E-state index is 5.70. The van der Waals surface area contributed by atoms with Gasteiger partial charge in [0.2, 0.25) is 0 Å². The minimum absolute atomic E-state index is 0.693. The van der Waals surface area contributed by atoms with Gasteiger partial charge in [0.05, 0.1) is 13.2 Å². The van der Waals surface area contributed by atoms with E-state index < -0.39 is 0 Å². The number of ether oxygens (including phenoxy) is 2.